The second-order valence-corrected chi connectivity index (χ2v) is 3.66. The number of nitrogens with two attached hydrogens (primary N) is 1. The average Bonchev–Trinajstić information content (AvgIpc) is 2.37. The minimum absolute atomic E-state index is 0.230. The monoisotopic (exact) mass is 250 g/mol. The Morgan fingerprint density at radius 1 is 1.28 bits per heavy atom. The molecule has 0 aliphatic heterocycles. The smallest absolute Gasteiger partial charge is 0.328 e. The molecule has 0 aliphatic rings. The fourth-order valence-electron chi connectivity index (χ4n) is 1.33. The molecule has 1 rings (SSSR count). The van der Waals surface area contributed by atoms with Crippen molar-refractivity contribution in [3.63, 3.8) is 0 Å². The SMILES string of the molecule is COC(=O)[C@@H](C)NC(=O)c1cccc(C(N)=O)c1. The lowest BCUT2D eigenvalue weighted by atomic mass is 10.1. The van der Waals surface area contributed by atoms with Gasteiger partial charge in [0.25, 0.3) is 5.91 Å². The van der Waals surface area contributed by atoms with E-state index in [0.717, 1.165) is 0 Å². The van der Waals surface area contributed by atoms with Gasteiger partial charge in [-0.15, -0.1) is 0 Å². The number of carbonyl (C=O) groups excluding carboxylic acids is 3. The molecule has 0 fully saturated rings. The van der Waals surface area contributed by atoms with Gasteiger partial charge in [0.1, 0.15) is 6.04 Å². The van der Waals surface area contributed by atoms with Crippen LogP contribution in [0.4, 0.5) is 0 Å². The van der Waals surface area contributed by atoms with Crippen molar-refractivity contribution in [3.8, 4) is 0 Å². The molecule has 3 N–H and O–H groups in total. The summed E-state index contributed by atoms with van der Waals surface area (Å²) < 4.78 is 4.48. The number of ether oxygens (including phenoxy) is 1. The molecule has 0 heterocycles. The maximum Gasteiger partial charge on any atom is 0.328 e. The Labute approximate surface area is 104 Å². The summed E-state index contributed by atoms with van der Waals surface area (Å²) in [5.74, 6) is -1.64. The Hall–Kier alpha value is -2.37. The van der Waals surface area contributed by atoms with Gasteiger partial charge in [0, 0.05) is 11.1 Å². The van der Waals surface area contributed by atoms with Gasteiger partial charge in [0.05, 0.1) is 7.11 Å². The number of primary amides is 1. The van der Waals surface area contributed by atoms with Gasteiger partial charge in [-0.1, -0.05) is 6.07 Å². The van der Waals surface area contributed by atoms with E-state index >= 15 is 0 Å². The van der Waals surface area contributed by atoms with Crippen LogP contribution >= 0.6 is 0 Å². The quantitative estimate of drug-likeness (QED) is 0.739. The van der Waals surface area contributed by atoms with Gasteiger partial charge in [-0.2, -0.15) is 0 Å². The summed E-state index contributed by atoms with van der Waals surface area (Å²) in [5, 5.41) is 2.45. The van der Waals surface area contributed by atoms with Crippen LogP contribution in [0.1, 0.15) is 27.6 Å². The minimum atomic E-state index is -0.764. The second kappa shape index (κ2) is 5.81. The van der Waals surface area contributed by atoms with Crippen LogP contribution in [0.2, 0.25) is 0 Å². The number of benzene rings is 1. The van der Waals surface area contributed by atoms with Crippen molar-refractivity contribution in [3.05, 3.63) is 35.4 Å². The first-order valence-corrected chi connectivity index (χ1v) is 5.24. The highest BCUT2D eigenvalue weighted by Gasteiger charge is 2.17. The zero-order valence-corrected chi connectivity index (χ0v) is 10.1. The molecule has 0 bridgehead atoms. The van der Waals surface area contributed by atoms with Crippen molar-refractivity contribution in [2.45, 2.75) is 13.0 Å². The van der Waals surface area contributed by atoms with Gasteiger partial charge in [0.2, 0.25) is 5.91 Å². The van der Waals surface area contributed by atoms with Crippen molar-refractivity contribution in [1.82, 2.24) is 5.32 Å². The molecule has 0 aromatic heterocycles. The average molecular weight is 250 g/mol. The first-order valence-electron chi connectivity index (χ1n) is 5.24. The Balaban J connectivity index is 2.81. The second-order valence-electron chi connectivity index (χ2n) is 3.66. The Morgan fingerprint density at radius 2 is 1.89 bits per heavy atom. The molecule has 1 aromatic rings. The van der Waals surface area contributed by atoms with Crippen LogP contribution in [0.3, 0.4) is 0 Å². The third kappa shape index (κ3) is 3.31. The van der Waals surface area contributed by atoms with E-state index in [9.17, 15) is 14.4 Å². The van der Waals surface area contributed by atoms with Gasteiger partial charge >= 0.3 is 5.97 Å². The first-order chi connectivity index (χ1) is 8.45. The maximum absolute atomic E-state index is 11.8. The van der Waals surface area contributed by atoms with Crippen LogP contribution in [-0.2, 0) is 9.53 Å². The molecule has 0 aliphatic carbocycles. The highest BCUT2D eigenvalue weighted by atomic mass is 16.5. The molecule has 6 heteroatoms. The number of rotatable bonds is 4. The molecule has 0 saturated carbocycles. The molecule has 1 aromatic carbocycles. The van der Waals surface area contributed by atoms with E-state index in [2.05, 4.69) is 10.1 Å². The van der Waals surface area contributed by atoms with Crippen LogP contribution in [0.15, 0.2) is 24.3 Å². The van der Waals surface area contributed by atoms with Crippen molar-refractivity contribution in [2.75, 3.05) is 7.11 Å². The molecule has 2 amide bonds. The number of nitrogens with one attached hydrogen (secondary N) is 1. The predicted octanol–water partition coefficient (Wildman–Crippen LogP) is 0.0768. The van der Waals surface area contributed by atoms with E-state index in [1.54, 1.807) is 0 Å². The summed E-state index contributed by atoms with van der Waals surface area (Å²) in [4.78, 5) is 33.9. The van der Waals surface area contributed by atoms with Crippen LogP contribution in [0.25, 0.3) is 0 Å². The normalized spacial score (nSPS) is 11.4. The highest BCUT2D eigenvalue weighted by molar-refractivity contribution is 6.00. The molecule has 6 nitrogen and oxygen atoms in total. The lowest BCUT2D eigenvalue weighted by Crippen LogP contribution is -2.39. The summed E-state index contributed by atoms with van der Waals surface area (Å²) in [6.07, 6.45) is 0. The van der Waals surface area contributed by atoms with Gasteiger partial charge in [0.15, 0.2) is 0 Å². The Morgan fingerprint density at radius 3 is 2.44 bits per heavy atom. The van der Waals surface area contributed by atoms with Gasteiger partial charge in [-0.25, -0.2) is 4.79 Å². The number of hydrogen-bond donors (Lipinski definition) is 2. The summed E-state index contributed by atoms with van der Waals surface area (Å²) in [6.45, 7) is 1.50. The zero-order valence-electron chi connectivity index (χ0n) is 10.1. The lowest BCUT2D eigenvalue weighted by molar-refractivity contribution is -0.142. The van der Waals surface area contributed by atoms with E-state index in [1.165, 1.54) is 38.3 Å². The fraction of sp³-hybridized carbons (Fsp3) is 0.250. The minimum Gasteiger partial charge on any atom is -0.467 e. The number of methoxy groups -OCH3 is 1. The molecule has 0 saturated heterocycles. The van der Waals surface area contributed by atoms with E-state index in [0.29, 0.717) is 0 Å². The van der Waals surface area contributed by atoms with Gasteiger partial charge < -0.3 is 15.8 Å². The molecule has 1 atom stereocenters. The Kier molecular flexibility index (Phi) is 4.42. The van der Waals surface area contributed by atoms with E-state index in [1.807, 2.05) is 0 Å². The number of hydrogen-bond acceptors (Lipinski definition) is 4. The third-order valence-corrected chi connectivity index (χ3v) is 2.31. The van der Waals surface area contributed by atoms with E-state index in [4.69, 9.17) is 5.73 Å². The maximum atomic E-state index is 11.8. The molecular formula is C12H14N2O4. The van der Waals surface area contributed by atoms with Crippen molar-refractivity contribution < 1.29 is 19.1 Å². The molecular weight excluding hydrogens is 236 g/mol. The topological polar surface area (TPSA) is 98.5 Å². The largest absolute Gasteiger partial charge is 0.467 e. The van der Waals surface area contributed by atoms with Crippen molar-refractivity contribution in [2.24, 2.45) is 5.73 Å². The number of carbonyl (C=O) groups is 3. The van der Waals surface area contributed by atoms with E-state index < -0.39 is 23.8 Å². The van der Waals surface area contributed by atoms with Gasteiger partial charge in [-0.05, 0) is 25.1 Å². The van der Waals surface area contributed by atoms with Crippen molar-refractivity contribution in [1.29, 1.82) is 0 Å². The van der Waals surface area contributed by atoms with Gasteiger partial charge in [-0.3, -0.25) is 9.59 Å². The molecule has 0 spiro atoms. The zero-order chi connectivity index (χ0) is 13.7. The predicted molar refractivity (Wildman–Crippen MR) is 63.9 cm³/mol. The van der Waals surface area contributed by atoms with E-state index in [-0.39, 0.29) is 11.1 Å². The lowest BCUT2D eigenvalue weighted by Gasteiger charge is -2.11. The summed E-state index contributed by atoms with van der Waals surface area (Å²) in [6, 6.07) is 5.16. The molecule has 18 heavy (non-hydrogen) atoms. The first kappa shape index (κ1) is 13.7. The van der Waals surface area contributed by atoms with Crippen LogP contribution < -0.4 is 11.1 Å². The third-order valence-electron chi connectivity index (χ3n) is 2.31. The highest BCUT2D eigenvalue weighted by Crippen LogP contribution is 2.05. The van der Waals surface area contributed by atoms with Crippen LogP contribution in [0, 0.1) is 0 Å². The molecule has 0 radical (unpaired) electrons. The standard InChI is InChI=1S/C12H14N2O4/c1-7(12(17)18-2)14-11(16)9-5-3-4-8(6-9)10(13)15/h3-7H,1-2H3,(H2,13,15)(H,14,16)/t7-/m1/s1. The van der Waals surface area contributed by atoms with Crippen LogP contribution in [-0.4, -0.2) is 30.9 Å². The van der Waals surface area contributed by atoms with Crippen molar-refractivity contribution >= 4 is 17.8 Å². The molecule has 0 unspecified atom stereocenters. The molecule has 96 valence electrons. The summed E-state index contributed by atoms with van der Waals surface area (Å²) >= 11 is 0. The summed E-state index contributed by atoms with van der Waals surface area (Å²) in [7, 11) is 1.23. The number of amides is 2. The van der Waals surface area contributed by atoms with Crippen LogP contribution in [0.5, 0.6) is 0 Å². The Bertz CT molecular complexity index is 485. The number of esters is 1. The summed E-state index contributed by atoms with van der Waals surface area (Å²) in [5.41, 5.74) is 5.59. The fourth-order valence-corrected chi connectivity index (χ4v) is 1.33.